The number of primary amides is 1. The van der Waals surface area contributed by atoms with Gasteiger partial charge < -0.3 is 20.5 Å². The minimum absolute atomic E-state index is 0.0983. The summed E-state index contributed by atoms with van der Waals surface area (Å²) in [6, 6.07) is 20.0. The van der Waals surface area contributed by atoms with Crippen LogP contribution in [-0.4, -0.2) is 31.7 Å². The Bertz CT molecular complexity index is 972. The van der Waals surface area contributed by atoms with Gasteiger partial charge in [0.2, 0.25) is 5.91 Å². The van der Waals surface area contributed by atoms with E-state index in [9.17, 15) is 4.79 Å². The zero-order chi connectivity index (χ0) is 18.8. The van der Waals surface area contributed by atoms with Crippen molar-refractivity contribution >= 4 is 16.7 Å². The molecule has 3 N–H and O–H groups in total. The Balaban J connectivity index is 1.74. The van der Waals surface area contributed by atoms with Gasteiger partial charge in [0.15, 0.2) is 0 Å². The summed E-state index contributed by atoms with van der Waals surface area (Å²) in [4.78, 5) is 11.4. The zero-order valence-corrected chi connectivity index (χ0v) is 15.1. The lowest BCUT2D eigenvalue weighted by Crippen LogP contribution is -2.36. The van der Waals surface area contributed by atoms with Crippen LogP contribution >= 0.6 is 0 Å². The molecular weight excluding hydrogens is 340 g/mol. The molecule has 138 valence electrons. The van der Waals surface area contributed by atoms with Gasteiger partial charge in [-0.25, -0.2) is 0 Å². The topological polar surface area (TPSA) is 73.6 Å². The maximum Gasteiger partial charge on any atom is 0.234 e. The molecule has 1 amide bonds. The van der Waals surface area contributed by atoms with Gasteiger partial charge >= 0.3 is 0 Å². The van der Waals surface area contributed by atoms with Crippen LogP contribution in [0.4, 0.5) is 0 Å². The highest BCUT2D eigenvalue weighted by Gasteiger charge is 2.29. The summed E-state index contributed by atoms with van der Waals surface area (Å²) >= 11 is 0. The molecule has 0 radical (unpaired) electrons. The first-order chi connectivity index (χ1) is 13.1. The van der Waals surface area contributed by atoms with E-state index in [1.165, 1.54) is 0 Å². The molecule has 1 aliphatic rings. The number of nitrogens with two attached hydrogens (primary N) is 1. The van der Waals surface area contributed by atoms with E-state index in [0.717, 1.165) is 33.4 Å². The van der Waals surface area contributed by atoms with Crippen molar-refractivity contribution in [3.8, 4) is 22.6 Å². The maximum atomic E-state index is 11.4. The second-order valence-electron chi connectivity index (χ2n) is 6.77. The third-order valence-corrected chi connectivity index (χ3v) is 4.96. The number of carbonyl (C=O) groups excluding carboxylic acids is 1. The van der Waals surface area contributed by atoms with Crippen LogP contribution in [0.1, 0.15) is 6.42 Å². The minimum atomic E-state index is -0.339. The summed E-state index contributed by atoms with van der Waals surface area (Å²) in [5.41, 5.74) is 7.60. The fourth-order valence-corrected chi connectivity index (χ4v) is 3.52. The maximum absolute atomic E-state index is 11.4. The van der Waals surface area contributed by atoms with Gasteiger partial charge in [0.1, 0.15) is 17.6 Å². The smallest absolute Gasteiger partial charge is 0.234 e. The van der Waals surface area contributed by atoms with Gasteiger partial charge in [-0.2, -0.15) is 0 Å². The molecule has 1 fully saturated rings. The average Bonchev–Trinajstić information content (AvgIpc) is 3.17. The monoisotopic (exact) mass is 362 g/mol. The first-order valence-electron chi connectivity index (χ1n) is 9.00. The lowest BCUT2D eigenvalue weighted by Gasteiger charge is -2.17. The summed E-state index contributed by atoms with van der Waals surface area (Å²) < 4.78 is 11.7. The lowest BCUT2D eigenvalue weighted by molar-refractivity contribution is -0.119. The molecule has 3 aromatic rings. The highest BCUT2D eigenvalue weighted by atomic mass is 16.5. The van der Waals surface area contributed by atoms with Crippen molar-refractivity contribution < 1.29 is 14.3 Å². The number of nitrogens with one attached hydrogen (secondary N) is 1. The standard InChI is InChI=1S/C22H22N2O3/c1-26-17-7-8-19-16(10-17)9-15(14-5-3-2-4-6-14)11-21(19)27-18-12-20(22(23)25)24-13-18/h2-11,18,20,24H,12-13H2,1H3,(H2,23,25). The molecule has 5 nitrogen and oxygen atoms in total. The van der Waals surface area contributed by atoms with Crippen LogP contribution in [0.5, 0.6) is 11.5 Å². The largest absolute Gasteiger partial charge is 0.497 e. The fourth-order valence-electron chi connectivity index (χ4n) is 3.52. The van der Waals surface area contributed by atoms with Crippen molar-refractivity contribution in [2.24, 2.45) is 5.73 Å². The molecule has 0 aliphatic carbocycles. The highest BCUT2D eigenvalue weighted by Crippen LogP contribution is 2.35. The van der Waals surface area contributed by atoms with E-state index >= 15 is 0 Å². The zero-order valence-electron chi connectivity index (χ0n) is 15.1. The van der Waals surface area contributed by atoms with Crippen LogP contribution in [0.3, 0.4) is 0 Å². The number of hydrogen-bond acceptors (Lipinski definition) is 4. The number of methoxy groups -OCH3 is 1. The van der Waals surface area contributed by atoms with Crippen LogP contribution in [-0.2, 0) is 4.79 Å². The molecule has 2 unspecified atom stereocenters. The van der Waals surface area contributed by atoms with Gasteiger partial charge in [0, 0.05) is 18.4 Å². The van der Waals surface area contributed by atoms with Crippen molar-refractivity contribution in [3.05, 3.63) is 60.7 Å². The molecule has 0 aromatic heterocycles. The minimum Gasteiger partial charge on any atom is -0.497 e. The molecule has 2 atom stereocenters. The molecule has 3 aromatic carbocycles. The SMILES string of the molecule is COc1ccc2c(OC3CNC(C(N)=O)C3)cc(-c3ccccc3)cc2c1. The van der Waals surface area contributed by atoms with Gasteiger partial charge in [-0.1, -0.05) is 30.3 Å². The van der Waals surface area contributed by atoms with E-state index < -0.39 is 0 Å². The Kier molecular flexibility index (Phi) is 4.69. The molecule has 0 saturated carbocycles. The third-order valence-electron chi connectivity index (χ3n) is 4.96. The van der Waals surface area contributed by atoms with Crippen molar-refractivity contribution in [1.82, 2.24) is 5.32 Å². The fraction of sp³-hybridized carbons (Fsp3) is 0.227. The summed E-state index contributed by atoms with van der Waals surface area (Å²) in [5, 5.41) is 5.18. The summed E-state index contributed by atoms with van der Waals surface area (Å²) in [6.45, 7) is 0.598. The van der Waals surface area contributed by atoms with Crippen LogP contribution in [0.25, 0.3) is 21.9 Å². The Hall–Kier alpha value is -3.05. The van der Waals surface area contributed by atoms with Gasteiger partial charge in [-0.05, 0) is 46.8 Å². The van der Waals surface area contributed by atoms with E-state index in [1.807, 2.05) is 36.4 Å². The first-order valence-corrected chi connectivity index (χ1v) is 9.00. The van der Waals surface area contributed by atoms with Crippen molar-refractivity contribution in [1.29, 1.82) is 0 Å². The Morgan fingerprint density at radius 3 is 2.59 bits per heavy atom. The quantitative estimate of drug-likeness (QED) is 0.731. The number of rotatable bonds is 5. The molecular formula is C22H22N2O3. The van der Waals surface area contributed by atoms with Crippen LogP contribution in [0, 0.1) is 0 Å². The van der Waals surface area contributed by atoms with E-state index in [-0.39, 0.29) is 18.1 Å². The molecule has 0 bridgehead atoms. The van der Waals surface area contributed by atoms with Crippen LogP contribution in [0.2, 0.25) is 0 Å². The molecule has 1 heterocycles. The second-order valence-corrected chi connectivity index (χ2v) is 6.77. The van der Waals surface area contributed by atoms with Crippen LogP contribution < -0.4 is 20.5 Å². The lowest BCUT2D eigenvalue weighted by atomic mass is 10.00. The number of hydrogen-bond donors (Lipinski definition) is 2. The Morgan fingerprint density at radius 1 is 1.07 bits per heavy atom. The molecule has 1 aliphatic heterocycles. The number of amides is 1. The number of carbonyl (C=O) groups is 1. The normalized spacial score (nSPS) is 19.1. The average molecular weight is 362 g/mol. The molecule has 4 rings (SSSR count). The van der Waals surface area contributed by atoms with Gasteiger partial charge in [0.25, 0.3) is 0 Å². The summed E-state index contributed by atoms with van der Waals surface area (Å²) in [7, 11) is 1.66. The van der Waals surface area contributed by atoms with E-state index in [4.69, 9.17) is 15.2 Å². The molecule has 0 spiro atoms. The van der Waals surface area contributed by atoms with Crippen molar-refractivity contribution in [2.75, 3.05) is 13.7 Å². The summed E-state index contributed by atoms with van der Waals surface area (Å²) in [5.74, 6) is 1.26. The second kappa shape index (κ2) is 7.29. The van der Waals surface area contributed by atoms with Crippen molar-refractivity contribution in [2.45, 2.75) is 18.6 Å². The van der Waals surface area contributed by atoms with Gasteiger partial charge in [0.05, 0.1) is 13.2 Å². The van der Waals surface area contributed by atoms with Gasteiger partial charge in [-0.3, -0.25) is 4.79 Å². The van der Waals surface area contributed by atoms with Crippen LogP contribution in [0.15, 0.2) is 60.7 Å². The molecule has 27 heavy (non-hydrogen) atoms. The van der Waals surface area contributed by atoms with E-state index in [2.05, 4.69) is 29.6 Å². The Labute approximate surface area is 158 Å². The predicted molar refractivity (Wildman–Crippen MR) is 106 cm³/mol. The van der Waals surface area contributed by atoms with E-state index in [1.54, 1.807) is 7.11 Å². The third kappa shape index (κ3) is 3.59. The Morgan fingerprint density at radius 2 is 1.89 bits per heavy atom. The van der Waals surface area contributed by atoms with Gasteiger partial charge in [-0.15, -0.1) is 0 Å². The number of ether oxygens (including phenoxy) is 2. The first kappa shape index (κ1) is 17.4. The predicted octanol–water partition coefficient (Wildman–Crippen LogP) is 3.11. The van der Waals surface area contributed by atoms with Crippen molar-refractivity contribution in [3.63, 3.8) is 0 Å². The highest BCUT2D eigenvalue weighted by molar-refractivity contribution is 5.93. The number of benzene rings is 3. The summed E-state index contributed by atoms with van der Waals surface area (Å²) in [6.07, 6.45) is 0.474. The molecule has 1 saturated heterocycles. The number of fused-ring (bicyclic) bond motifs is 1. The molecule has 5 heteroatoms. The van der Waals surface area contributed by atoms with E-state index in [0.29, 0.717) is 13.0 Å².